The van der Waals surface area contributed by atoms with Gasteiger partial charge in [-0.1, -0.05) is 6.92 Å². The summed E-state index contributed by atoms with van der Waals surface area (Å²) in [5.74, 6) is 1.04. The Morgan fingerprint density at radius 3 is 2.89 bits per heavy atom. The zero-order valence-electron chi connectivity index (χ0n) is 12.5. The minimum atomic E-state index is -0.0796. The van der Waals surface area contributed by atoms with Gasteiger partial charge >= 0.3 is 0 Å². The Bertz CT molecular complexity index is 396. The van der Waals surface area contributed by atoms with Gasteiger partial charge in [-0.15, -0.1) is 0 Å². The lowest BCUT2D eigenvalue weighted by molar-refractivity contribution is -0.0118. The Morgan fingerprint density at radius 2 is 2.32 bits per heavy atom. The average Bonchev–Trinajstić information content (AvgIpc) is 2.98. The molecule has 1 aromatic heterocycles. The van der Waals surface area contributed by atoms with Gasteiger partial charge in [0.1, 0.15) is 12.2 Å². The van der Waals surface area contributed by atoms with Gasteiger partial charge in [0.05, 0.1) is 5.60 Å². The van der Waals surface area contributed by atoms with Crippen molar-refractivity contribution in [2.24, 2.45) is 0 Å². The summed E-state index contributed by atoms with van der Waals surface area (Å²) < 4.78 is 7.99. The molecule has 108 valence electrons. The van der Waals surface area contributed by atoms with Crippen molar-refractivity contribution in [1.82, 2.24) is 20.1 Å². The summed E-state index contributed by atoms with van der Waals surface area (Å²) in [6, 6.07) is 0.638. The summed E-state index contributed by atoms with van der Waals surface area (Å²) in [5.41, 5.74) is -0.0796. The highest BCUT2D eigenvalue weighted by atomic mass is 16.5. The lowest BCUT2D eigenvalue weighted by Crippen LogP contribution is -2.50. The molecule has 5 nitrogen and oxygen atoms in total. The lowest BCUT2D eigenvalue weighted by Gasteiger charge is -2.34. The van der Waals surface area contributed by atoms with Crippen LogP contribution < -0.4 is 5.32 Å². The van der Waals surface area contributed by atoms with Crippen LogP contribution >= 0.6 is 0 Å². The lowest BCUT2D eigenvalue weighted by atomic mass is 9.90. The van der Waals surface area contributed by atoms with Crippen molar-refractivity contribution in [3.05, 3.63) is 12.2 Å². The van der Waals surface area contributed by atoms with Crippen LogP contribution in [-0.4, -0.2) is 39.6 Å². The maximum Gasteiger partial charge on any atom is 0.138 e. The predicted molar refractivity (Wildman–Crippen MR) is 75.2 cm³/mol. The largest absolute Gasteiger partial charge is 0.374 e. The maximum atomic E-state index is 5.98. The molecular formula is C14H26N4O. The fourth-order valence-corrected chi connectivity index (χ4v) is 2.86. The van der Waals surface area contributed by atoms with Crippen molar-refractivity contribution in [3.63, 3.8) is 0 Å². The highest BCUT2D eigenvalue weighted by molar-refractivity contribution is 5.00. The van der Waals surface area contributed by atoms with Gasteiger partial charge in [0.25, 0.3) is 0 Å². The van der Waals surface area contributed by atoms with E-state index in [1.165, 1.54) is 0 Å². The SMILES string of the molecule is CCNC(Cc1ncnn1C(C)C)C1(C)CCCO1. The van der Waals surface area contributed by atoms with E-state index in [0.717, 1.165) is 38.2 Å². The summed E-state index contributed by atoms with van der Waals surface area (Å²) in [6.07, 6.45) is 4.77. The molecule has 0 aromatic carbocycles. The average molecular weight is 266 g/mol. The summed E-state index contributed by atoms with van der Waals surface area (Å²) in [5, 5.41) is 7.88. The first kappa shape index (κ1) is 14.5. The zero-order valence-corrected chi connectivity index (χ0v) is 12.5. The van der Waals surface area contributed by atoms with Crippen molar-refractivity contribution in [3.8, 4) is 0 Å². The van der Waals surface area contributed by atoms with Crippen LogP contribution in [-0.2, 0) is 11.2 Å². The minimum Gasteiger partial charge on any atom is -0.374 e. The summed E-state index contributed by atoms with van der Waals surface area (Å²) in [7, 11) is 0. The van der Waals surface area contributed by atoms with Crippen LogP contribution in [0.3, 0.4) is 0 Å². The Kier molecular flexibility index (Phi) is 4.58. The third-order valence-corrected chi connectivity index (χ3v) is 3.96. The van der Waals surface area contributed by atoms with Gasteiger partial charge in [-0.3, -0.25) is 0 Å². The number of nitrogens with one attached hydrogen (secondary N) is 1. The van der Waals surface area contributed by atoms with Gasteiger partial charge in [-0.25, -0.2) is 9.67 Å². The van der Waals surface area contributed by atoms with Crippen LogP contribution in [0.25, 0.3) is 0 Å². The molecule has 2 unspecified atom stereocenters. The first-order chi connectivity index (χ1) is 9.07. The molecule has 1 aliphatic heterocycles. The van der Waals surface area contributed by atoms with Gasteiger partial charge < -0.3 is 10.1 Å². The Balaban J connectivity index is 2.14. The fraction of sp³-hybridized carbons (Fsp3) is 0.857. The molecule has 1 saturated heterocycles. The zero-order chi connectivity index (χ0) is 13.9. The molecule has 1 N–H and O–H groups in total. The number of rotatable bonds is 6. The second-order valence-corrected chi connectivity index (χ2v) is 5.79. The first-order valence-electron chi connectivity index (χ1n) is 7.32. The maximum absolute atomic E-state index is 5.98. The van der Waals surface area contributed by atoms with Crippen molar-refractivity contribution >= 4 is 0 Å². The van der Waals surface area contributed by atoms with E-state index in [-0.39, 0.29) is 5.60 Å². The van der Waals surface area contributed by atoms with E-state index in [1.54, 1.807) is 6.33 Å². The van der Waals surface area contributed by atoms with Gasteiger partial charge in [0, 0.05) is 25.1 Å². The number of hydrogen-bond donors (Lipinski definition) is 1. The van der Waals surface area contributed by atoms with Crippen LogP contribution in [0.5, 0.6) is 0 Å². The van der Waals surface area contributed by atoms with Gasteiger partial charge in [0.2, 0.25) is 0 Å². The predicted octanol–water partition coefficient (Wildman–Crippen LogP) is 1.95. The summed E-state index contributed by atoms with van der Waals surface area (Å²) in [4.78, 5) is 4.42. The molecule has 1 aromatic rings. The van der Waals surface area contributed by atoms with Crippen molar-refractivity contribution < 1.29 is 4.74 Å². The van der Waals surface area contributed by atoms with Crippen LogP contribution in [0.2, 0.25) is 0 Å². The molecule has 0 bridgehead atoms. The van der Waals surface area contributed by atoms with Gasteiger partial charge in [-0.2, -0.15) is 5.10 Å². The van der Waals surface area contributed by atoms with Crippen LogP contribution in [0.15, 0.2) is 6.33 Å². The number of hydrogen-bond acceptors (Lipinski definition) is 4. The van der Waals surface area contributed by atoms with E-state index in [9.17, 15) is 0 Å². The molecule has 2 atom stereocenters. The molecule has 2 heterocycles. The topological polar surface area (TPSA) is 52.0 Å². The van der Waals surface area contributed by atoms with E-state index in [2.05, 4.69) is 43.1 Å². The molecule has 0 radical (unpaired) electrons. The van der Waals surface area contributed by atoms with Gasteiger partial charge in [-0.05, 0) is 40.2 Å². The van der Waals surface area contributed by atoms with E-state index in [0.29, 0.717) is 12.1 Å². The normalized spacial score (nSPS) is 25.1. The molecule has 0 spiro atoms. The Labute approximate surface area is 115 Å². The fourth-order valence-electron chi connectivity index (χ4n) is 2.86. The molecule has 1 aliphatic rings. The van der Waals surface area contributed by atoms with E-state index >= 15 is 0 Å². The van der Waals surface area contributed by atoms with Crippen LogP contribution in [0, 0.1) is 0 Å². The Hall–Kier alpha value is -0.940. The molecule has 1 fully saturated rings. The van der Waals surface area contributed by atoms with Crippen molar-refractivity contribution in [2.75, 3.05) is 13.2 Å². The first-order valence-corrected chi connectivity index (χ1v) is 7.32. The second kappa shape index (κ2) is 6.01. The van der Waals surface area contributed by atoms with E-state index in [4.69, 9.17) is 4.74 Å². The standard InChI is InChI=1S/C14H26N4O/c1-5-15-12(14(4)7-6-8-19-14)9-13-16-10-17-18(13)11(2)3/h10-12,15H,5-9H2,1-4H3. The third kappa shape index (κ3) is 3.15. The molecule has 19 heavy (non-hydrogen) atoms. The van der Waals surface area contributed by atoms with Gasteiger partial charge in [0.15, 0.2) is 0 Å². The van der Waals surface area contributed by atoms with Crippen LogP contribution in [0.1, 0.15) is 52.4 Å². The summed E-state index contributed by atoms with van der Waals surface area (Å²) in [6.45, 7) is 10.4. The molecular weight excluding hydrogens is 240 g/mol. The van der Waals surface area contributed by atoms with E-state index in [1.807, 2.05) is 4.68 Å². The smallest absolute Gasteiger partial charge is 0.138 e. The molecule has 5 heteroatoms. The minimum absolute atomic E-state index is 0.0796. The quantitative estimate of drug-likeness (QED) is 0.855. The third-order valence-electron chi connectivity index (χ3n) is 3.96. The Morgan fingerprint density at radius 1 is 1.53 bits per heavy atom. The molecule has 0 aliphatic carbocycles. The number of nitrogens with zero attached hydrogens (tertiary/aromatic N) is 3. The highest BCUT2D eigenvalue weighted by Crippen LogP contribution is 2.30. The summed E-state index contributed by atoms with van der Waals surface area (Å²) >= 11 is 0. The van der Waals surface area contributed by atoms with Crippen LogP contribution in [0.4, 0.5) is 0 Å². The number of likely N-dealkylation sites (N-methyl/N-ethyl adjacent to an activating group) is 1. The number of aromatic nitrogens is 3. The number of ether oxygens (including phenoxy) is 1. The van der Waals surface area contributed by atoms with Crippen molar-refractivity contribution in [1.29, 1.82) is 0 Å². The monoisotopic (exact) mass is 266 g/mol. The van der Waals surface area contributed by atoms with Crippen molar-refractivity contribution in [2.45, 2.75) is 64.6 Å². The molecule has 2 rings (SSSR count). The highest BCUT2D eigenvalue weighted by Gasteiger charge is 2.38. The second-order valence-electron chi connectivity index (χ2n) is 5.79. The molecule has 0 saturated carbocycles. The van der Waals surface area contributed by atoms with E-state index < -0.39 is 0 Å². The molecule has 0 amide bonds.